The Kier molecular flexibility index (Phi) is 5.19. The summed E-state index contributed by atoms with van der Waals surface area (Å²) in [6.07, 6.45) is 2.27. The Morgan fingerprint density at radius 2 is 1.84 bits per heavy atom. The van der Waals surface area contributed by atoms with Crippen LogP contribution in [0, 0.1) is 12.3 Å². The van der Waals surface area contributed by atoms with Crippen LogP contribution in [0.4, 0.5) is 0 Å². The summed E-state index contributed by atoms with van der Waals surface area (Å²) in [7, 11) is 0. The highest BCUT2D eigenvalue weighted by Crippen LogP contribution is 2.26. The normalized spacial score (nSPS) is 13.0. The highest BCUT2D eigenvalue weighted by molar-refractivity contribution is 5.10. The van der Waals surface area contributed by atoms with Crippen LogP contribution in [0.3, 0.4) is 0 Å². The molecule has 1 aromatic heterocycles. The second kappa shape index (κ2) is 6.08. The highest BCUT2D eigenvalue weighted by Gasteiger charge is 2.21. The van der Waals surface area contributed by atoms with Crippen LogP contribution in [0.5, 0.6) is 0 Å². The second-order valence-electron chi connectivity index (χ2n) is 7.36. The number of aromatic nitrogens is 2. The molecule has 0 unspecified atom stereocenters. The van der Waals surface area contributed by atoms with Gasteiger partial charge in [0, 0.05) is 17.8 Å². The number of hydrogen-bond acceptors (Lipinski definition) is 2. The molecule has 0 aromatic carbocycles. The summed E-state index contributed by atoms with van der Waals surface area (Å²) < 4.78 is 2.13. The molecule has 0 fully saturated rings. The summed E-state index contributed by atoms with van der Waals surface area (Å²) in [6.45, 7) is 17.6. The average Bonchev–Trinajstić information content (AvgIpc) is 2.55. The van der Waals surface area contributed by atoms with E-state index in [1.807, 2.05) is 0 Å². The topological polar surface area (TPSA) is 29.9 Å². The van der Waals surface area contributed by atoms with Gasteiger partial charge in [0.1, 0.15) is 0 Å². The van der Waals surface area contributed by atoms with Gasteiger partial charge in [-0.05, 0) is 65.5 Å². The van der Waals surface area contributed by atoms with Crippen LogP contribution < -0.4 is 5.32 Å². The van der Waals surface area contributed by atoms with E-state index in [1.54, 1.807) is 0 Å². The molecule has 19 heavy (non-hydrogen) atoms. The van der Waals surface area contributed by atoms with Crippen molar-refractivity contribution in [3.63, 3.8) is 0 Å². The summed E-state index contributed by atoms with van der Waals surface area (Å²) in [4.78, 5) is 0. The minimum atomic E-state index is 0.206. The lowest BCUT2D eigenvalue weighted by molar-refractivity contribution is 0.295. The third kappa shape index (κ3) is 5.77. The molecule has 0 aliphatic heterocycles. The van der Waals surface area contributed by atoms with E-state index < -0.39 is 0 Å². The van der Waals surface area contributed by atoms with Crippen LogP contribution in [0.25, 0.3) is 0 Å². The van der Waals surface area contributed by atoms with Crippen molar-refractivity contribution in [1.29, 1.82) is 0 Å². The van der Waals surface area contributed by atoms with Gasteiger partial charge in [-0.2, -0.15) is 5.10 Å². The maximum atomic E-state index is 4.53. The van der Waals surface area contributed by atoms with Crippen LogP contribution in [0.15, 0.2) is 6.07 Å². The molecule has 1 N–H and O–H groups in total. The fraction of sp³-hybridized carbons (Fsp3) is 0.812. The molecule has 0 saturated carbocycles. The van der Waals surface area contributed by atoms with Crippen molar-refractivity contribution < 1.29 is 0 Å². The maximum Gasteiger partial charge on any atom is 0.0596 e. The number of nitrogens with one attached hydrogen (secondary N) is 1. The van der Waals surface area contributed by atoms with Crippen LogP contribution in [0.2, 0.25) is 0 Å². The number of rotatable bonds is 6. The van der Waals surface area contributed by atoms with Crippen molar-refractivity contribution >= 4 is 0 Å². The molecule has 1 heterocycles. The van der Waals surface area contributed by atoms with Crippen molar-refractivity contribution in [3.8, 4) is 0 Å². The highest BCUT2D eigenvalue weighted by atomic mass is 15.3. The number of nitrogens with zero attached hydrogens (tertiary/aromatic N) is 2. The van der Waals surface area contributed by atoms with Crippen molar-refractivity contribution in [3.05, 3.63) is 17.5 Å². The molecule has 3 nitrogen and oxygen atoms in total. The van der Waals surface area contributed by atoms with Gasteiger partial charge in [0.05, 0.1) is 5.69 Å². The van der Waals surface area contributed by atoms with Crippen molar-refractivity contribution in [1.82, 2.24) is 15.1 Å². The first-order valence-corrected chi connectivity index (χ1v) is 7.41. The summed E-state index contributed by atoms with van der Waals surface area (Å²) in [5, 5.41) is 8.11. The Morgan fingerprint density at radius 3 is 2.37 bits per heavy atom. The summed E-state index contributed by atoms with van der Waals surface area (Å²) in [5.74, 6) is 0. The van der Waals surface area contributed by atoms with Gasteiger partial charge in [0.2, 0.25) is 0 Å². The fourth-order valence-electron chi connectivity index (χ4n) is 2.37. The van der Waals surface area contributed by atoms with Crippen LogP contribution >= 0.6 is 0 Å². The van der Waals surface area contributed by atoms with E-state index in [0.29, 0.717) is 5.41 Å². The van der Waals surface area contributed by atoms with E-state index in [-0.39, 0.29) is 5.54 Å². The third-order valence-corrected chi connectivity index (χ3v) is 3.40. The number of aryl methyl sites for hydroxylation is 2. The van der Waals surface area contributed by atoms with Gasteiger partial charge in [-0.15, -0.1) is 0 Å². The van der Waals surface area contributed by atoms with Crippen LogP contribution in [-0.2, 0) is 13.0 Å². The van der Waals surface area contributed by atoms with E-state index in [0.717, 1.165) is 25.2 Å². The molecule has 0 aliphatic rings. The molecule has 1 aromatic rings. The zero-order valence-electron chi connectivity index (χ0n) is 13.8. The Balaban J connectivity index is 2.58. The SMILES string of the molecule is CCn1nc(C)cc1CC(C)(C)CCNC(C)(C)C. The lowest BCUT2D eigenvalue weighted by Gasteiger charge is -2.28. The summed E-state index contributed by atoms with van der Waals surface area (Å²) in [6, 6.07) is 2.22. The van der Waals surface area contributed by atoms with Gasteiger partial charge >= 0.3 is 0 Å². The lowest BCUT2D eigenvalue weighted by atomic mass is 9.84. The Bertz CT molecular complexity index is 397. The predicted octanol–water partition coefficient (Wildman–Crippen LogP) is 3.56. The molecule has 0 radical (unpaired) electrons. The minimum absolute atomic E-state index is 0.206. The quantitative estimate of drug-likeness (QED) is 0.852. The van der Waals surface area contributed by atoms with Crippen molar-refractivity contribution in [2.75, 3.05) is 6.54 Å². The summed E-state index contributed by atoms with van der Waals surface area (Å²) in [5.41, 5.74) is 3.00. The van der Waals surface area contributed by atoms with Gasteiger partial charge in [0.25, 0.3) is 0 Å². The molecule has 0 spiro atoms. The van der Waals surface area contributed by atoms with Gasteiger partial charge in [-0.3, -0.25) is 4.68 Å². The van der Waals surface area contributed by atoms with E-state index in [2.05, 4.69) is 69.6 Å². The largest absolute Gasteiger partial charge is 0.312 e. The van der Waals surface area contributed by atoms with Crippen molar-refractivity contribution in [2.24, 2.45) is 5.41 Å². The molecule has 0 saturated heterocycles. The van der Waals surface area contributed by atoms with Gasteiger partial charge in [-0.25, -0.2) is 0 Å². The van der Waals surface area contributed by atoms with Crippen LogP contribution in [-0.4, -0.2) is 21.9 Å². The number of hydrogen-bond donors (Lipinski definition) is 1. The molecular weight excluding hydrogens is 234 g/mol. The summed E-state index contributed by atoms with van der Waals surface area (Å²) >= 11 is 0. The Labute approximate surface area is 118 Å². The van der Waals surface area contributed by atoms with Gasteiger partial charge < -0.3 is 5.32 Å². The first-order chi connectivity index (χ1) is 8.63. The zero-order valence-corrected chi connectivity index (χ0v) is 13.8. The smallest absolute Gasteiger partial charge is 0.0596 e. The van der Waals surface area contributed by atoms with Gasteiger partial charge in [0.15, 0.2) is 0 Å². The molecule has 0 atom stereocenters. The molecule has 0 aliphatic carbocycles. The van der Waals surface area contributed by atoms with E-state index in [1.165, 1.54) is 12.1 Å². The van der Waals surface area contributed by atoms with Crippen LogP contribution in [0.1, 0.15) is 59.4 Å². The van der Waals surface area contributed by atoms with Gasteiger partial charge in [-0.1, -0.05) is 13.8 Å². The predicted molar refractivity (Wildman–Crippen MR) is 82.5 cm³/mol. The Morgan fingerprint density at radius 1 is 1.21 bits per heavy atom. The lowest BCUT2D eigenvalue weighted by Crippen LogP contribution is -2.38. The minimum Gasteiger partial charge on any atom is -0.312 e. The van der Waals surface area contributed by atoms with E-state index >= 15 is 0 Å². The molecule has 0 bridgehead atoms. The molecular formula is C16H31N3. The molecule has 1 rings (SSSR count). The zero-order chi connectivity index (χ0) is 14.7. The average molecular weight is 265 g/mol. The Hall–Kier alpha value is -0.830. The third-order valence-electron chi connectivity index (χ3n) is 3.40. The monoisotopic (exact) mass is 265 g/mol. The first-order valence-electron chi connectivity index (χ1n) is 7.41. The first kappa shape index (κ1) is 16.2. The van der Waals surface area contributed by atoms with E-state index in [4.69, 9.17) is 0 Å². The molecule has 110 valence electrons. The maximum absolute atomic E-state index is 4.53. The fourth-order valence-corrected chi connectivity index (χ4v) is 2.37. The van der Waals surface area contributed by atoms with E-state index in [9.17, 15) is 0 Å². The molecule has 0 amide bonds. The standard InChI is InChI=1S/C16H31N3/c1-8-19-14(11-13(2)18-19)12-16(6,7)9-10-17-15(3,4)5/h11,17H,8-10,12H2,1-7H3. The molecule has 3 heteroatoms. The second-order valence-corrected chi connectivity index (χ2v) is 7.36. The van der Waals surface area contributed by atoms with Crippen molar-refractivity contribution in [2.45, 2.75) is 73.4 Å².